The van der Waals surface area contributed by atoms with Crippen LogP contribution in [-0.4, -0.2) is 11.8 Å². The Kier molecular flexibility index (Phi) is 3.23. The first-order chi connectivity index (χ1) is 9.95. The summed E-state index contributed by atoms with van der Waals surface area (Å²) >= 11 is 12.2. The molecule has 0 unspecified atom stereocenters. The number of hydrogen-bond acceptors (Lipinski definition) is 4. The van der Waals surface area contributed by atoms with Gasteiger partial charge in [0.25, 0.3) is 11.8 Å². The van der Waals surface area contributed by atoms with Crippen LogP contribution in [0.4, 0.5) is 17.1 Å². The van der Waals surface area contributed by atoms with Crippen molar-refractivity contribution in [2.24, 2.45) is 0 Å². The van der Waals surface area contributed by atoms with E-state index in [0.717, 1.165) is 0 Å². The normalized spacial score (nSPS) is 13.0. The molecule has 0 aliphatic carbocycles. The van der Waals surface area contributed by atoms with E-state index in [2.05, 4.69) is 10.6 Å². The van der Waals surface area contributed by atoms with Gasteiger partial charge in [0.1, 0.15) is 0 Å². The molecule has 0 spiro atoms. The summed E-state index contributed by atoms with van der Waals surface area (Å²) in [6, 6.07) is 7.94. The Balaban J connectivity index is 1.99. The van der Waals surface area contributed by atoms with E-state index < -0.39 is 11.8 Å². The average molecular weight is 322 g/mol. The fourth-order valence-corrected chi connectivity index (χ4v) is 2.70. The van der Waals surface area contributed by atoms with Crippen LogP contribution in [0.1, 0.15) is 20.7 Å². The molecule has 2 aromatic rings. The molecule has 0 fully saturated rings. The zero-order valence-corrected chi connectivity index (χ0v) is 12.0. The van der Waals surface area contributed by atoms with Gasteiger partial charge in [-0.2, -0.15) is 0 Å². The van der Waals surface area contributed by atoms with Crippen molar-refractivity contribution in [2.75, 3.05) is 11.1 Å². The number of imide groups is 1. The number of nitrogens with two attached hydrogens (primary N) is 1. The van der Waals surface area contributed by atoms with Crippen molar-refractivity contribution in [2.45, 2.75) is 0 Å². The number of carbonyl (C=O) groups excluding carboxylic acids is 2. The molecule has 1 aliphatic rings. The van der Waals surface area contributed by atoms with E-state index in [0.29, 0.717) is 38.2 Å². The van der Waals surface area contributed by atoms with E-state index in [1.165, 1.54) is 0 Å². The lowest BCUT2D eigenvalue weighted by Crippen LogP contribution is -2.19. The van der Waals surface area contributed by atoms with Gasteiger partial charge >= 0.3 is 0 Å². The molecule has 1 heterocycles. The largest absolute Gasteiger partial charge is 0.399 e. The van der Waals surface area contributed by atoms with Crippen LogP contribution in [0.3, 0.4) is 0 Å². The molecule has 0 saturated heterocycles. The van der Waals surface area contributed by atoms with Gasteiger partial charge in [0.15, 0.2) is 0 Å². The lowest BCUT2D eigenvalue weighted by Gasteiger charge is -2.12. The van der Waals surface area contributed by atoms with Crippen molar-refractivity contribution in [3.05, 3.63) is 51.5 Å². The first kappa shape index (κ1) is 13.7. The number of nitrogen functional groups attached to an aromatic ring is 1. The standard InChI is InChI=1S/C14H9Cl2N3O2/c15-10-3-6(17)4-11(16)12(10)18-7-1-2-8-9(5-7)14(21)19-13(8)20/h1-5,18H,17H2,(H,19,20,21). The maximum absolute atomic E-state index is 11.6. The molecule has 3 rings (SSSR count). The van der Waals surface area contributed by atoms with Crippen LogP contribution in [0.25, 0.3) is 0 Å². The molecular formula is C14H9Cl2N3O2. The number of fused-ring (bicyclic) bond motifs is 1. The van der Waals surface area contributed by atoms with Crippen LogP contribution >= 0.6 is 23.2 Å². The van der Waals surface area contributed by atoms with Crippen molar-refractivity contribution in [1.82, 2.24) is 5.32 Å². The fourth-order valence-electron chi connectivity index (χ4n) is 2.10. The number of carbonyl (C=O) groups is 2. The van der Waals surface area contributed by atoms with Crippen molar-refractivity contribution in [1.29, 1.82) is 0 Å². The zero-order valence-electron chi connectivity index (χ0n) is 10.5. The van der Waals surface area contributed by atoms with Gasteiger partial charge in [-0.3, -0.25) is 14.9 Å². The van der Waals surface area contributed by atoms with Gasteiger partial charge in [0, 0.05) is 11.4 Å². The van der Waals surface area contributed by atoms with Gasteiger partial charge in [0.2, 0.25) is 0 Å². The summed E-state index contributed by atoms with van der Waals surface area (Å²) in [4.78, 5) is 23.1. The molecule has 1 aliphatic heterocycles. The smallest absolute Gasteiger partial charge is 0.259 e. The Hall–Kier alpha value is -2.24. The fraction of sp³-hybridized carbons (Fsp3) is 0. The molecule has 2 amide bonds. The Labute approximate surface area is 130 Å². The monoisotopic (exact) mass is 321 g/mol. The maximum atomic E-state index is 11.6. The molecule has 2 aromatic carbocycles. The van der Waals surface area contributed by atoms with Crippen molar-refractivity contribution in [3.63, 3.8) is 0 Å². The minimum absolute atomic E-state index is 0.313. The minimum Gasteiger partial charge on any atom is -0.399 e. The zero-order chi connectivity index (χ0) is 15.1. The summed E-state index contributed by atoms with van der Waals surface area (Å²) in [6.07, 6.45) is 0. The van der Waals surface area contributed by atoms with Gasteiger partial charge in [-0.25, -0.2) is 0 Å². The molecule has 0 saturated carbocycles. The molecule has 21 heavy (non-hydrogen) atoms. The molecule has 0 aromatic heterocycles. The van der Waals surface area contributed by atoms with Crippen molar-refractivity contribution >= 4 is 52.1 Å². The van der Waals surface area contributed by atoms with Gasteiger partial charge in [-0.1, -0.05) is 23.2 Å². The second-order valence-electron chi connectivity index (χ2n) is 4.53. The van der Waals surface area contributed by atoms with E-state index in [9.17, 15) is 9.59 Å². The number of halogens is 2. The minimum atomic E-state index is -0.423. The van der Waals surface area contributed by atoms with E-state index in [4.69, 9.17) is 28.9 Å². The predicted octanol–water partition coefficient (Wildman–Crippen LogP) is 3.20. The molecule has 0 radical (unpaired) electrons. The van der Waals surface area contributed by atoms with Crippen LogP contribution in [0.5, 0.6) is 0 Å². The van der Waals surface area contributed by atoms with Gasteiger partial charge in [-0.05, 0) is 30.3 Å². The number of amides is 2. The molecule has 0 bridgehead atoms. The summed E-state index contributed by atoms with van der Waals surface area (Å²) in [6.45, 7) is 0. The Morgan fingerprint density at radius 3 is 2.24 bits per heavy atom. The van der Waals surface area contributed by atoms with E-state index in [1.54, 1.807) is 30.3 Å². The second-order valence-corrected chi connectivity index (χ2v) is 5.34. The third kappa shape index (κ3) is 2.41. The SMILES string of the molecule is Nc1cc(Cl)c(Nc2ccc3c(c2)C(=O)NC3=O)c(Cl)c1. The van der Waals surface area contributed by atoms with E-state index >= 15 is 0 Å². The molecular weight excluding hydrogens is 313 g/mol. The highest BCUT2D eigenvalue weighted by Crippen LogP contribution is 2.35. The molecule has 0 atom stereocenters. The number of rotatable bonds is 2. The van der Waals surface area contributed by atoms with Gasteiger partial charge in [-0.15, -0.1) is 0 Å². The average Bonchev–Trinajstić information content (AvgIpc) is 2.69. The number of anilines is 3. The van der Waals surface area contributed by atoms with Crippen molar-refractivity contribution < 1.29 is 9.59 Å². The number of benzene rings is 2. The Bertz CT molecular complexity index is 767. The first-order valence-electron chi connectivity index (χ1n) is 5.97. The number of nitrogens with one attached hydrogen (secondary N) is 2. The second kappa shape index (κ2) is 4.95. The first-order valence-corrected chi connectivity index (χ1v) is 6.72. The van der Waals surface area contributed by atoms with Crippen molar-refractivity contribution in [3.8, 4) is 0 Å². The topological polar surface area (TPSA) is 84.2 Å². The maximum Gasteiger partial charge on any atom is 0.259 e. The summed E-state index contributed by atoms with van der Waals surface area (Å²) in [7, 11) is 0. The van der Waals surface area contributed by atoms with Gasteiger partial charge in [0.05, 0.1) is 26.9 Å². The highest BCUT2D eigenvalue weighted by Gasteiger charge is 2.26. The Morgan fingerprint density at radius 1 is 0.952 bits per heavy atom. The highest BCUT2D eigenvalue weighted by atomic mass is 35.5. The lowest BCUT2D eigenvalue weighted by molar-refractivity contribution is 0.0879. The summed E-state index contributed by atoms with van der Waals surface area (Å²) < 4.78 is 0. The molecule has 106 valence electrons. The highest BCUT2D eigenvalue weighted by molar-refractivity contribution is 6.39. The summed E-state index contributed by atoms with van der Waals surface area (Å²) in [5.41, 5.74) is 7.83. The van der Waals surface area contributed by atoms with Crippen LogP contribution in [-0.2, 0) is 0 Å². The van der Waals surface area contributed by atoms with Crippen LogP contribution in [0.2, 0.25) is 10.0 Å². The summed E-state index contributed by atoms with van der Waals surface area (Å²) in [5.74, 6) is -0.821. The molecule has 7 heteroatoms. The van der Waals surface area contributed by atoms with E-state index in [1.807, 2.05) is 0 Å². The third-order valence-electron chi connectivity index (χ3n) is 3.07. The van der Waals surface area contributed by atoms with Crippen LogP contribution in [0.15, 0.2) is 30.3 Å². The number of hydrogen-bond donors (Lipinski definition) is 3. The molecule has 4 N–H and O–H groups in total. The predicted molar refractivity (Wildman–Crippen MR) is 82.4 cm³/mol. The quantitative estimate of drug-likeness (QED) is 0.585. The molecule has 5 nitrogen and oxygen atoms in total. The third-order valence-corrected chi connectivity index (χ3v) is 3.67. The lowest BCUT2D eigenvalue weighted by atomic mass is 10.1. The summed E-state index contributed by atoms with van der Waals surface area (Å²) in [5, 5.41) is 5.98. The van der Waals surface area contributed by atoms with Gasteiger partial charge < -0.3 is 11.1 Å². The van der Waals surface area contributed by atoms with Crippen LogP contribution < -0.4 is 16.4 Å². The van der Waals surface area contributed by atoms with Crippen LogP contribution in [0, 0.1) is 0 Å². The van der Waals surface area contributed by atoms with E-state index in [-0.39, 0.29) is 0 Å². The Morgan fingerprint density at radius 2 is 1.57 bits per heavy atom.